The van der Waals surface area contributed by atoms with Crippen LogP contribution in [-0.4, -0.2) is 17.9 Å². The van der Waals surface area contributed by atoms with E-state index in [0.29, 0.717) is 11.6 Å². The summed E-state index contributed by atoms with van der Waals surface area (Å²) in [5, 5.41) is 5.95. The molecular weight excluding hydrogens is 288 g/mol. The molecule has 0 aliphatic heterocycles. The predicted molar refractivity (Wildman–Crippen MR) is 88.9 cm³/mol. The van der Waals surface area contributed by atoms with Crippen LogP contribution in [0.3, 0.4) is 0 Å². The molecule has 1 aliphatic carbocycles. The largest absolute Gasteiger partial charge is 0.353 e. The van der Waals surface area contributed by atoms with Crippen molar-refractivity contribution in [3.63, 3.8) is 0 Å². The number of hydrogen-bond acceptors (Lipinski definition) is 2. The Morgan fingerprint density at radius 2 is 1.57 bits per heavy atom. The van der Waals surface area contributed by atoms with Crippen molar-refractivity contribution >= 4 is 11.8 Å². The minimum absolute atomic E-state index is 0.0188. The van der Waals surface area contributed by atoms with Gasteiger partial charge < -0.3 is 10.6 Å². The van der Waals surface area contributed by atoms with Crippen molar-refractivity contribution in [2.75, 3.05) is 0 Å². The molecule has 0 bridgehead atoms. The second-order valence-corrected chi connectivity index (χ2v) is 5.85. The Morgan fingerprint density at radius 3 is 2.17 bits per heavy atom. The molecule has 23 heavy (non-hydrogen) atoms. The molecule has 3 rings (SSSR count). The molecule has 2 aromatic rings. The van der Waals surface area contributed by atoms with Crippen molar-refractivity contribution in [1.29, 1.82) is 0 Å². The summed E-state index contributed by atoms with van der Waals surface area (Å²) in [4.78, 5) is 24.5. The van der Waals surface area contributed by atoms with Crippen LogP contribution in [0.1, 0.15) is 41.2 Å². The maximum absolute atomic E-state index is 12.4. The summed E-state index contributed by atoms with van der Waals surface area (Å²) in [6, 6.07) is 18.7. The molecule has 1 fully saturated rings. The summed E-state index contributed by atoms with van der Waals surface area (Å²) in [6.07, 6.45) is 2.36. The van der Waals surface area contributed by atoms with Crippen molar-refractivity contribution in [1.82, 2.24) is 10.6 Å². The van der Waals surface area contributed by atoms with Crippen LogP contribution in [0.5, 0.6) is 0 Å². The molecule has 4 heteroatoms. The van der Waals surface area contributed by atoms with Gasteiger partial charge in [0, 0.05) is 11.6 Å². The van der Waals surface area contributed by atoms with Gasteiger partial charge in [-0.1, -0.05) is 48.5 Å². The van der Waals surface area contributed by atoms with Gasteiger partial charge in [-0.05, 0) is 30.5 Å². The summed E-state index contributed by atoms with van der Waals surface area (Å²) in [6.45, 7) is 0. The molecule has 0 radical (unpaired) electrons. The third kappa shape index (κ3) is 4.42. The quantitative estimate of drug-likeness (QED) is 0.862. The number of benzene rings is 2. The molecule has 2 N–H and O–H groups in total. The SMILES string of the molecule is O=C(C[C@H](NC(=O)c1ccccc1)c1ccccc1)NC1CC1. The van der Waals surface area contributed by atoms with Gasteiger partial charge in [0.15, 0.2) is 0 Å². The lowest BCUT2D eigenvalue weighted by Crippen LogP contribution is -2.34. The van der Waals surface area contributed by atoms with Gasteiger partial charge in [0.1, 0.15) is 0 Å². The van der Waals surface area contributed by atoms with Gasteiger partial charge in [-0.2, -0.15) is 0 Å². The van der Waals surface area contributed by atoms with E-state index in [0.717, 1.165) is 18.4 Å². The summed E-state index contributed by atoms with van der Waals surface area (Å²) >= 11 is 0. The van der Waals surface area contributed by atoms with Crippen molar-refractivity contribution in [3.8, 4) is 0 Å². The maximum atomic E-state index is 12.4. The molecule has 1 atom stereocenters. The number of carbonyl (C=O) groups excluding carboxylic acids is 2. The van der Waals surface area contributed by atoms with Gasteiger partial charge in [0.2, 0.25) is 5.91 Å². The second-order valence-electron chi connectivity index (χ2n) is 5.85. The van der Waals surface area contributed by atoms with E-state index < -0.39 is 0 Å². The Morgan fingerprint density at radius 1 is 0.957 bits per heavy atom. The topological polar surface area (TPSA) is 58.2 Å². The van der Waals surface area contributed by atoms with Crippen molar-refractivity contribution in [2.24, 2.45) is 0 Å². The molecule has 2 aromatic carbocycles. The van der Waals surface area contributed by atoms with Gasteiger partial charge >= 0.3 is 0 Å². The minimum atomic E-state index is -0.331. The molecule has 0 unspecified atom stereocenters. The molecule has 118 valence electrons. The number of hydrogen-bond donors (Lipinski definition) is 2. The summed E-state index contributed by atoms with van der Waals surface area (Å²) in [7, 11) is 0. The summed E-state index contributed by atoms with van der Waals surface area (Å²) in [5.74, 6) is -0.187. The fourth-order valence-corrected chi connectivity index (χ4v) is 2.47. The highest BCUT2D eigenvalue weighted by Gasteiger charge is 2.25. The lowest BCUT2D eigenvalue weighted by atomic mass is 10.0. The zero-order valence-corrected chi connectivity index (χ0v) is 12.9. The average Bonchev–Trinajstić information content (AvgIpc) is 3.39. The Kier molecular flexibility index (Phi) is 4.71. The fraction of sp³-hybridized carbons (Fsp3) is 0.263. The van der Waals surface area contributed by atoms with E-state index in [-0.39, 0.29) is 24.3 Å². The Bertz CT molecular complexity index is 666. The van der Waals surface area contributed by atoms with Crippen molar-refractivity contribution in [3.05, 3.63) is 71.8 Å². The minimum Gasteiger partial charge on any atom is -0.353 e. The summed E-state index contributed by atoms with van der Waals surface area (Å²) < 4.78 is 0. The molecule has 1 saturated carbocycles. The van der Waals surface area contributed by atoms with E-state index in [4.69, 9.17) is 0 Å². The first-order valence-corrected chi connectivity index (χ1v) is 7.92. The molecule has 0 saturated heterocycles. The highest BCUT2D eigenvalue weighted by molar-refractivity contribution is 5.94. The van der Waals surface area contributed by atoms with Crippen molar-refractivity contribution in [2.45, 2.75) is 31.3 Å². The predicted octanol–water partition coefficient (Wildman–Crippen LogP) is 2.83. The molecule has 2 amide bonds. The van der Waals surface area contributed by atoms with E-state index >= 15 is 0 Å². The Labute approximate surface area is 135 Å². The Balaban J connectivity index is 1.71. The first-order valence-electron chi connectivity index (χ1n) is 7.92. The third-order valence-corrected chi connectivity index (χ3v) is 3.88. The standard InChI is InChI=1S/C19H20N2O2/c22-18(20-16-11-12-16)13-17(14-7-3-1-4-8-14)21-19(23)15-9-5-2-6-10-15/h1-10,16-17H,11-13H2,(H,20,22)(H,21,23)/t17-/m0/s1. The van der Waals surface area contributed by atoms with Crippen molar-refractivity contribution < 1.29 is 9.59 Å². The number of nitrogens with one attached hydrogen (secondary N) is 2. The lowest BCUT2D eigenvalue weighted by Gasteiger charge is -2.19. The average molecular weight is 308 g/mol. The van der Waals surface area contributed by atoms with Gasteiger partial charge in [-0.3, -0.25) is 9.59 Å². The molecular formula is C19H20N2O2. The van der Waals surface area contributed by atoms with Gasteiger partial charge in [-0.25, -0.2) is 0 Å². The van der Waals surface area contributed by atoms with Gasteiger partial charge in [0.25, 0.3) is 5.91 Å². The van der Waals surface area contributed by atoms with E-state index in [1.54, 1.807) is 12.1 Å². The molecule has 0 spiro atoms. The van der Waals surface area contributed by atoms with Crippen LogP contribution < -0.4 is 10.6 Å². The first-order chi connectivity index (χ1) is 11.2. The monoisotopic (exact) mass is 308 g/mol. The number of carbonyl (C=O) groups is 2. The molecule has 1 aliphatic rings. The van der Waals surface area contributed by atoms with Crippen LogP contribution in [-0.2, 0) is 4.79 Å². The highest BCUT2D eigenvalue weighted by atomic mass is 16.2. The molecule has 4 nitrogen and oxygen atoms in total. The van der Waals surface area contributed by atoms with Crippen LogP contribution in [0.2, 0.25) is 0 Å². The smallest absolute Gasteiger partial charge is 0.251 e. The van der Waals surface area contributed by atoms with Crippen LogP contribution in [0.15, 0.2) is 60.7 Å². The van der Waals surface area contributed by atoms with Gasteiger partial charge in [-0.15, -0.1) is 0 Å². The van der Waals surface area contributed by atoms with Crippen LogP contribution in [0.25, 0.3) is 0 Å². The van der Waals surface area contributed by atoms with E-state index in [2.05, 4.69) is 10.6 Å². The Hall–Kier alpha value is -2.62. The molecule has 0 aromatic heterocycles. The van der Waals surface area contributed by atoms with Gasteiger partial charge in [0.05, 0.1) is 12.5 Å². The zero-order valence-electron chi connectivity index (χ0n) is 12.9. The maximum Gasteiger partial charge on any atom is 0.251 e. The fourth-order valence-electron chi connectivity index (χ4n) is 2.47. The lowest BCUT2D eigenvalue weighted by molar-refractivity contribution is -0.121. The van der Waals surface area contributed by atoms with Crippen LogP contribution >= 0.6 is 0 Å². The number of rotatable bonds is 6. The normalized spacial score (nSPS) is 14.8. The second kappa shape index (κ2) is 7.09. The van der Waals surface area contributed by atoms with E-state index in [1.165, 1.54) is 0 Å². The van der Waals surface area contributed by atoms with E-state index in [9.17, 15) is 9.59 Å². The summed E-state index contributed by atoms with van der Waals surface area (Å²) in [5.41, 5.74) is 1.53. The molecule has 0 heterocycles. The number of amides is 2. The first kappa shape index (κ1) is 15.3. The third-order valence-electron chi connectivity index (χ3n) is 3.88. The highest BCUT2D eigenvalue weighted by Crippen LogP contribution is 2.21. The van der Waals surface area contributed by atoms with Crippen LogP contribution in [0, 0.1) is 0 Å². The zero-order chi connectivity index (χ0) is 16.1. The van der Waals surface area contributed by atoms with E-state index in [1.807, 2.05) is 48.5 Å². The van der Waals surface area contributed by atoms with Crippen LogP contribution in [0.4, 0.5) is 0 Å².